The molecule has 0 spiro atoms. The number of anilines is 1. The van der Waals surface area contributed by atoms with Crippen LogP contribution in [0.3, 0.4) is 0 Å². The average molecular weight is 365 g/mol. The van der Waals surface area contributed by atoms with Gasteiger partial charge in [-0.2, -0.15) is 0 Å². The first-order valence-electron chi connectivity index (χ1n) is 5.29. The lowest BCUT2D eigenvalue weighted by atomic mass is 10.2. The third kappa shape index (κ3) is 5.41. The summed E-state index contributed by atoms with van der Waals surface area (Å²) in [6, 6.07) is 5.99. The van der Waals surface area contributed by atoms with E-state index in [0.29, 0.717) is 6.42 Å². The van der Waals surface area contributed by atoms with Crippen molar-refractivity contribution in [1.29, 1.82) is 0 Å². The zero-order valence-corrected chi connectivity index (χ0v) is 12.5. The molecule has 0 aliphatic carbocycles. The number of unbranched alkanes of at least 4 members (excludes halogenated alkanes) is 1. The Labute approximate surface area is 118 Å². The summed E-state index contributed by atoms with van der Waals surface area (Å²) < 4.78 is 2.08. The highest BCUT2D eigenvalue weighted by atomic mass is 79.9. The van der Waals surface area contributed by atoms with Gasteiger partial charge in [-0.1, -0.05) is 21.1 Å². The van der Waals surface area contributed by atoms with E-state index < -0.39 is 0 Å². The van der Waals surface area contributed by atoms with Gasteiger partial charge in [0.1, 0.15) is 5.84 Å². The van der Waals surface area contributed by atoms with Gasteiger partial charge in [-0.15, -0.1) is 0 Å². The van der Waals surface area contributed by atoms with Crippen LogP contribution in [-0.4, -0.2) is 17.6 Å². The molecule has 0 radical (unpaired) electrons. The predicted octanol–water partition coefficient (Wildman–Crippen LogP) is 3.54. The van der Waals surface area contributed by atoms with Gasteiger partial charge in [-0.05, 0) is 47.0 Å². The van der Waals surface area contributed by atoms with Crippen LogP contribution in [0.15, 0.2) is 32.3 Å². The molecule has 0 amide bonds. The molecule has 0 unspecified atom stereocenters. The molecule has 1 aromatic carbocycles. The van der Waals surface area contributed by atoms with E-state index in [1.807, 2.05) is 18.2 Å². The van der Waals surface area contributed by atoms with Crippen LogP contribution < -0.4 is 11.1 Å². The fourth-order valence-electron chi connectivity index (χ4n) is 1.34. The second kappa shape index (κ2) is 7.55. The second-order valence-corrected chi connectivity index (χ2v) is 5.37. The van der Waals surface area contributed by atoms with Crippen LogP contribution in [0, 0.1) is 0 Å². The molecule has 4 N–H and O–H groups in total. The topological polar surface area (TPSA) is 70.6 Å². The van der Waals surface area contributed by atoms with Crippen molar-refractivity contribution in [3.05, 3.63) is 27.1 Å². The maximum Gasteiger partial charge on any atom is 0.139 e. The maximum absolute atomic E-state index is 8.37. The Morgan fingerprint density at radius 1 is 1.35 bits per heavy atom. The lowest BCUT2D eigenvalue weighted by Gasteiger charge is -2.08. The van der Waals surface area contributed by atoms with Crippen molar-refractivity contribution < 1.29 is 5.21 Å². The predicted molar refractivity (Wildman–Crippen MR) is 77.6 cm³/mol. The first-order chi connectivity index (χ1) is 8.13. The van der Waals surface area contributed by atoms with E-state index in [4.69, 9.17) is 10.9 Å². The summed E-state index contributed by atoms with van der Waals surface area (Å²) in [6.07, 6.45) is 2.49. The lowest BCUT2D eigenvalue weighted by molar-refractivity contribution is 0.316. The van der Waals surface area contributed by atoms with Crippen LogP contribution in [-0.2, 0) is 0 Å². The van der Waals surface area contributed by atoms with E-state index in [9.17, 15) is 0 Å². The molecule has 0 saturated heterocycles. The summed E-state index contributed by atoms with van der Waals surface area (Å²) in [5, 5.41) is 14.6. The number of rotatable bonds is 6. The molecular formula is C11H15Br2N3O. The Morgan fingerprint density at radius 2 is 2.12 bits per heavy atom. The normalized spacial score (nSPS) is 11.5. The van der Waals surface area contributed by atoms with E-state index in [0.717, 1.165) is 34.0 Å². The summed E-state index contributed by atoms with van der Waals surface area (Å²) in [5.41, 5.74) is 6.43. The number of nitrogens with two attached hydrogens (primary N) is 1. The smallest absolute Gasteiger partial charge is 0.139 e. The number of oxime groups is 1. The van der Waals surface area contributed by atoms with Gasteiger partial charge in [0.25, 0.3) is 0 Å². The van der Waals surface area contributed by atoms with Crippen molar-refractivity contribution >= 4 is 43.4 Å². The molecule has 0 bridgehead atoms. The molecule has 17 heavy (non-hydrogen) atoms. The number of hydrogen-bond donors (Lipinski definition) is 3. The summed E-state index contributed by atoms with van der Waals surface area (Å²) in [7, 11) is 0. The third-order valence-corrected chi connectivity index (χ3v) is 3.42. The van der Waals surface area contributed by atoms with Crippen molar-refractivity contribution in [2.75, 3.05) is 11.9 Å². The number of nitrogens with zero attached hydrogens (tertiary/aromatic N) is 1. The van der Waals surface area contributed by atoms with Gasteiger partial charge in [0.15, 0.2) is 0 Å². The minimum absolute atomic E-state index is 0.286. The molecule has 1 rings (SSSR count). The Kier molecular flexibility index (Phi) is 6.36. The number of nitrogens with one attached hydrogen (secondary N) is 1. The summed E-state index contributed by atoms with van der Waals surface area (Å²) in [4.78, 5) is 0. The average Bonchev–Trinajstić information content (AvgIpc) is 2.32. The number of amidine groups is 1. The highest BCUT2D eigenvalue weighted by Gasteiger charge is 2.00. The Balaban J connectivity index is 2.29. The van der Waals surface area contributed by atoms with Gasteiger partial charge in [0.2, 0.25) is 0 Å². The van der Waals surface area contributed by atoms with Crippen LogP contribution in [0.25, 0.3) is 0 Å². The van der Waals surface area contributed by atoms with Crippen molar-refractivity contribution in [3.8, 4) is 0 Å². The van der Waals surface area contributed by atoms with Gasteiger partial charge >= 0.3 is 0 Å². The van der Waals surface area contributed by atoms with Gasteiger partial charge in [0, 0.05) is 27.6 Å². The van der Waals surface area contributed by atoms with Gasteiger partial charge in [-0.3, -0.25) is 0 Å². The standard InChI is InChI=1S/C11H15Br2N3O/c12-8-4-5-9(13)10(7-8)15-6-2-1-3-11(14)16-17/h4-5,7,15,17H,1-3,6H2,(H2,14,16). The van der Waals surface area contributed by atoms with Crippen LogP contribution in [0.1, 0.15) is 19.3 Å². The molecule has 4 nitrogen and oxygen atoms in total. The fraction of sp³-hybridized carbons (Fsp3) is 0.364. The quantitative estimate of drug-likeness (QED) is 0.238. The number of benzene rings is 1. The van der Waals surface area contributed by atoms with Crippen LogP contribution in [0.2, 0.25) is 0 Å². The highest BCUT2D eigenvalue weighted by Crippen LogP contribution is 2.26. The third-order valence-electron chi connectivity index (χ3n) is 2.23. The molecule has 0 atom stereocenters. The molecule has 0 heterocycles. The van der Waals surface area contributed by atoms with Crippen LogP contribution >= 0.6 is 31.9 Å². The zero-order valence-electron chi connectivity index (χ0n) is 9.29. The molecule has 0 aliphatic rings. The van der Waals surface area contributed by atoms with Crippen molar-refractivity contribution in [3.63, 3.8) is 0 Å². The second-order valence-electron chi connectivity index (χ2n) is 3.60. The Hall–Kier alpha value is -0.750. The molecule has 94 valence electrons. The van der Waals surface area contributed by atoms with E-state index in [2.05, 4.69) is 42.3 Å². The summed E-state index contributed by atoms with van der Waals surface area (Å²) in [5.74, 6) is 0.286. The molecule has 1 aromatic rings. The zero-order chi connectivity index (χ0) is 12.7. The molecule has 0 fully saturated rings. The van der Waals surface area contributed by atoms with Gasteiger partial charge in [-0.25, -0.2) is 0 Å². The summed E-state index contributed by atoms with van der Waals surface area (Å²) >= 11 is 6.91. The van der Waals surface area contributed by atoms with Gasteiger partial charge < -0.3 is 16.3 Å². The van der Waals surface area contributed by atoms with Crippen LogP contribution in [0.5, 0.6) is 0 Å². The minimum Gasteiger partial charge on any atom is -0.409 e. The molecular weight excluding hydrogens is 350 g/mol. The molecule has 6 heteroatoms. The number of halogens is 2. The molecule has 0 aliphatic heterocycles. The van der Waals surface area contributed by atoms with Crippen molar-refractivity contribution in [2.24, 2.45) is 10.9 Å². The van der Waals surface area contributed by atoms with Crippen molar-refractivity contribution in [1.82, 2.24) is 0 Å². The first kappa shape index (κ1) is 14.3. The highest BCUT2D eigenvalue weighted by molar-refractivity contribution is 9.11. The maximum atomic E-state index is 8.37. The number of hydrogen-bond acceptors (Lipinski definition) is 3. The largest absolute Gasteiger partial charge is 0.409 e. The minimum atomic E-state index is 0.286. The van der Waals surface area contributed by atoms with Gasteiger partial charge in [0.05, 0.1) is 0 Å². The van der Waals surface area contributed by atoms with E-state index in [-0.39, 0.29) is 5.84 Å². The lowest BCUT2D eigenvalue weighted by Crippen LogP contribution is -2.11. The fourth-order valence-corrected chi connectivity index (χ4v) is 2.09. The molecule has 0 saturated carbocycles. The van der Waals surface area contributed by atoms with Crippen molar-refractivity contribution in [2.45, 2.75) is 19.3 Å². The first-order valence-corrected chi connectivity index (χ1v) is 6.87. The molecule has 0 aromatic heterocycles. The monoisotopic (exact) mass is 363 g/mol. The van der Waals surface area contributed by atoms with E-state index >= 15 is 0 Å². The SMILES string of the molecule is NC(CCCCNc1cc(Br)ccc1Br)=NO. The van der Waals surface area contributed by atoms with E-state index in [1.54, 1.807) is 0 Å². The van der Waals surface area contributed by atoms with E-state index in [1.165, 1.54) is 0 Å². The van der Waals surface area contributed by atoms with Crippen LogP contribution in [0.4, 0.5) is 5.69 Å². The Bertz CT molecular complexity index is 396. The summed E-state index contributed by atoms with van der Waals surface area (Å²) in [6.45, 7) is 0.855. The Morgan fingerprint density at radius 3 is 2.82 bits per heavy atom.